The summed E-state index contributed by atoms with van der Waals surface area (Å²) in [6.45, 7) is 0. The molecule has 0 N–H and O–H groups in total. The van der Waals surface area contributed by atoms with Crippen molar-refractivity contribution in [2.45, 2.75) is 5.66 Å². The van der Waals surface area contributed by atoms with Crippen LogP contribution in [-0.4, -0.2) is 6.16 Å². The van der Waals surface area contributed by atoms with E-state index in [0.717, 1.165) is 38.6 Å². The molecule has 3 unspecified atom stereocenters. The molecule has 6 aromatic rings. The van der Waals surface area contributed by atoms with Crippen LogP contribution in [0.1, 0.15) is 11.2 Å². The Morgan fingerprint density at radius 2 is 1.02 bits per heavy atom. The quantitative estimate of drug-likeness (QED) is 0.194. The lowest BCUT2D eigenvalue weighted by molar-refractivity contribution is 0.470. The van der Waals surface area contributed by atoms with Crippen LogP contribution in [0.2, 0.25) is 0 Å². The first-order chi connectivity index (χ1) is 20.6. The predicted molar refractivity (Wildman–Crippen MR) is 171 cm³/mol. The molecule has 204 valence electrons. The summed E-state index contributed by atoms with van der Waals surface area (Å²) >= 11 is 0. The average Bonchev–Trinajstić information content (AvgIpc) is 3.04. The van der Waals surface area contributed by atoms with Crippen LogP contribution in [0.5, 0.6) is 11.5 Å². The van der Waals surface area contributed by atoms with E-state index in [1.807, 2.05) is 140 Å². The van der Waals surface area contributed by atoms with Crippen molar-refractivity contribution in [3.63, 3.8) is 0 Å². The lowest BCUT2D eigenvalue weighted by atomic mass is 10.0. The van der Waals surface area contributed by atoms with Crippen LogP contribution < -0.4 is 19.7 Å². The van der Waals surface area contributed by atoms with Gasteiger partial charge in [0.2, 0.25) is 0 Å². The number of benzene rings is 6. The van der Waals surface area contributed by atoms with Gasteiger partial charge in [-0.2, -0.15) is 0 Å². The second kappa shape index (κ2) is 9.60. The minimum atomic E-state index is -3.73. The number of fused-ring (bicyclic) bond motifs is 7. The van der Waals surface area contributed by atoms with Crippen LogP contribution in [0.3, 0.4) is 0 Å². The third kappa shape index (κ3) is 3.83. The van der Waals surface area contributed by atoms with Gasteiger partial charge in [-0.3, -0.25) is 9.13 Å². The molecule has 0 spiro atoms. The maximum absolute atomic E-state index is 15.7. The van der Waals surface area contributed by atoms with Gasteiger partial charge in [0, 0.05) is 11.1 Å². The first-order valence-electron chi connectivity index (χ1n) is 14.0. The molecular weight excluding hydrogens is 558 g/mol. The lowest BCUT2D eigenvalue weighted by Gasteiger charge is -2.37. The van der Waals surface area contributed by atoms with E-state index in [1.54, 1.807) is 0 Å². The van der Waals surface area contributed by atoms with Crippen LogP contribution in [-0.2, 0) is 9.13 Å². The Balaban J connectivity index is 1.38. The van der Waals surface area contributed by atoms with E-state index in [2.05, 4.69) is 0 Å². The minimum absolute atomic E-state index is 0.0140. The standard InChI is InChI=1S/C36H26O4P2/c37-41(34-22-9-5-17-30(34)27-15-3-7-20-32(27)39-41)24-36(29-19-11-13-25-12-1-2-14-26(25)29)42(38)35-23-10-6-18-31(35)28-16-4-8-21-33(28)40-42/h1-23,36H,24H2. The van der Waals surface area contributed by atoms with E-state index in [1.165, 1.54) is 0 Å². The average molecular weight is 585 g/mol. The van der Waals surface area contributed by atoms with Crippen molar-refractivity contribution in [1.82, 2.24) is 0 Å². The molecule has 0 saturated heterocycles. The zero-order valence-corrected chi connectivity index (χ0v) is 24.4. The topological polar surface area (TPSA) is 52.6 Å². The maximum Gasteiger partial charge on any atom is 0.285 e. The van der Waals surface area contributed by atoms with E-state index in [0.29, 0.717) is 22.1 Å². The van der Waals surface area contributed by atoms with Crippen LogP contribution in [0, 0.1) is 0 Å². The Morgan fingerprint density at radius 3 is 1.76 bits per heavy atom. The molecule has 4 nitrogen and oxygen atoms in total. The smallest absolute Gasteiger partial charge is 0.285 e. The molecule has 0 fully saturated rings. The molecule has 6 aromatic carbocycles. The van der Waals surface area contributed by atoms with Gasteiger partial charge in [-0.05, 0) is 51.7 Å². The fourth-order valence-corrected chi connectivity index (χ4v) is 12.7. The second-order valence-corrected chi connectivity index (χ2v) is 15.6. The van der Waals surface area contributed by atoms with Gasteiger partial charge >= 0.3 is 0 Å². The number of hydrogen-bond donors (Lipinski definition) is 0. The normalized spacial score (nSPS) is 20.7. The SMILES string of the molecule is O=P1(CC(c2cccc3ccccc23)P2(=O)Oc3ccccc3-c3ccccc32)Oc2ccccc2-c2ccccc21. The Kier molecular flexibility index (Phi) is 5.79. The van der Waals surface area contributed by atoms with Gasteiger partial charge in [0.05, 0.1) is 22.4 Å². The molecule has 0 aliphatic carbocycles. The molecule has 0 bridgehead atoms. The molecule has 8 rings (SSSR count). The van der Waals surface area contributed by atoms with Crippen molar-refractivity contribution >= 4 is 36.1 Å². The molecule has 0 aromatic heterocycles. The lowest BCUT2D eigenvalue weighted by Crippen LogP contribution is -2.27. The summed E-state index contributed by atoms with van der Waals surface area (Å²) in [5, 5.41) is 3.26. The van der Waals surface area contributed by atoms with E-state index in [9.17, 15) is 0 Å². The van der Waals surface area contributed by atoms with Gasteiger partial charge in [-0.25, -0.2) is 0 Å². The monoisotopic (exact) mass is 584 g/mol. The minimum Gasteiger partial charge on any atom is -0.439 e. The van der Waals surface area contributed by atoms with Crippen LogP contribution in [0.15, 0.2) is 140 Å². The highest BCUT2D eigenvalue weighted by Gasteiger charge is 2.49. The fourth-order valence-electron chi connectivity index (χ4n) is 6.44. The molecular formula is C36H26O4P2. The zero-order chi connectivity index (χ0) is 28.3. The van der Waals surface area contributed by atoms with Crippen LogP contribution in [0.4, 0.5) is 0 Å². The summed E-state index contributed by atoms with van der Waals surface area (Å²) in [6, 6.07) is 44.9. The summed E-state index contributed by atoms with van der Waals surface area (Å²) in [7, 11) is -7.32. The number of hydrogen-bond acceptors (Lipinski definition) is 4. The molecule has 42 heavy (non-hydrogen) atoms. The van der Waals surface area contributed by atoms with Gasteiger partial charge in [0.1, 0.15) is 11.5 Å². The highest BCUT2D eigenvalue weighted by molar-refractivity contribution is 7.72. The highest BCUT2D eigenvalue weighted by Crippen LogP contribution is 2.69. The molecule has 3 atom stereocenters. The largest absolute Gasteiger partial charge is 0.439 e. The zero-order valence-electron chi connectivity index (χ0n) is 22.6. The van der Waals surface area contributed by atoms with Gasteiger partial charge < -0.3 is 9.05 Å². The van der Waals surface area contributed by atoms with Crippen molar-refractivity contribution < 1.29 is 18.2 Å². The summed E-state index contributed by atoms with van der Waals surface area (Å²) in [6.07, 6.45) is 0.0140. The summed E-state index contributed by atoms with van der Waals surface area (Å²) in [5.41, 5.74) is 3.65. The third-order valence-electron chi connectivity index (χ3n) is 8.35. The van der Waals surface area contributed by atoms with Crippen LogP contribution >= 0.6 is 14.7 Å². The molecule has 6 heteroatoms. The van der Waals surface area contributed by atoms with E-state index >= 15 is 9.13 Å². The summed E-state index contributed by atoms with van der Waals surface area (Å²) < 4.78 is 44.1. The van der Waals surface area contributed by atoms with E-state index in [-0.39, 0.29) is 6.16 Å². The Bertz CT molecular complexity index is 2110. The summed E-state index contributed by atoms with van der Waals surface area (Å²) in [5.74, 6) is 1.14. The third-order valence-corrected chi connectivity index (χ3v) is 13.9. The number of rotatable bonds is 4. The van der Waals surface area contributed by atoms with Crippen LogP contribution in [0.25, 0.3) is 33.0 Å². The Labute approximate surface area is 244 Å². The molecule has 2 aliphatic heterocycles. The second-order valence-electron chi connectivity index (χ2n) is 10.7. The van der Waals surface area contributed by atoms with Crippen molar-refractivity contribution in [2.24, 2.45) is 0 Å². The molecule has 2 aliphatic rings. The molecule has 0 saturated carbocycles. The van der Waals surface area contributed by atoms with Crippen molar-refractivity contribution in [2.75, 3.05) is 6.16 Å². The van der Waals surface area contributed by atoms with E-state index in [4.69, 9.17) is 9.05 Å². The van der Waals surface area contributed by atoms with Gasteiger partial charge in [-0.1, -0.05) is 115 Å². The van der Waals surface area contributed by atoms with Crippen molar-refractivity contribution in [3.8, 4) is 33.8 Å². The fraction of sp³-hybridized carbons (Fsp3) is 0.0556. The predicted octanol–water partition coefficient (Wildman–Crippen LogP) is 9.21. The molecule has 0 amide bonds. The first-order valence-corrected chi connectivity index (χ1v) is 17.5. The molecule has 2 heterocycles. The molecule has 0 radical (unpaired) electrons. The van der Waals surface area contributed by atoms with E-state index < -0.39 is 20.4 Å². The summed E-state index contributed by atoms with van der Waals surface area (Å²) in [4.78, 5) is 0. The van der Waals surface area contributed by atoms with Crippen molar-refractivity contribution in [1.29, 1.82) is 0 Å². The van der Waals surface area contributed by atoms with Gasteiger partial charge in [0.25, 0.3) is 14.7 Å². The Hall–Kier alpha value is -4.36. The first kappa shape index (κ1) is 25.4. The Morgan fingerprint density at radius 1 is 0.500 bits per heavy atom. The van der Waals surface area contributed by atoms with Crippen molar-refractivity contribution in [3.05, 3.63) is 145 Å². The number of para-hydroxylation sites is 2. The van der Waals surface area contributed by atoms with Gasteiger partial charge in [-0.15, -0.1) is 0 Å². The van der Waals surface area contributed by atoms with Gasteiger partial charge in [0.15, 0.2) is 0 Å². The highest BCUT2D eigenvalue weighted by atomic mass is 31.2. The maximum atomic E-state index is 15.7.